The van der Waals surface area contributed by atoms with Crippen LogP contribution in [0.25, 0.3) is 0 Å². The molecule has 0 heterocycles. The first-order valence-corrected chi connectivity index (χ1v) is 6.82. The van der Waals surface area contributed by atoms with Gasteiger partial charge in [-0.1, -0.05) is 18.2 Å². The third-order valence-corrected chi connectivity index (χ3v) is 3.03. The third-order valence-electron chi connectivity index (χ3n) is 3.03. The number of benzene rings is 1. The van der Waals surface area contributed by atoms with Crippen molar-refractivity contribution in [1.82, 2.24) is 10.2 Å². The Labute approximate surface area is 124 Å². The number of hydrogen-bond donors (Lipinski definition) is 2. The predicted molar refractivity (Wildman–Crippen MR) is 79.5 cm³/mol. The van der Waals surface area contributed by atoms with Gasteiger partial charge in [0, 0.05) is 13.1 Å². The fourth-order valence-electron chi connectivity index (χ4n) is 1.91. The first-order valence-electron chi connectivity index (χ1n) is 6.82. The van der Waals surface area contributed by atoms with E-state index in [0.717, 1.165) is 11.3 Å². The van der Waals surface area contributed by atoms with Crippen molar-refractivity contribution >= 4 is 11.9 Å². The van der Waals surface area contributed by atoms with Gasteiger partial charge in [-0.2, -0.15) is 0 Å². The summed E-state index contributed by atoms with van der Waals surface area (Å²) in [5, 5.41) is 11.4. The van der Waals surface area contributed by atoms with Crippen LogP contribution in [0.15, 0.2) is 24.3 Å². The van der Waals surface area contributed by atoms with Gasteiger partial charge in [-0.05, 0) is 25.1 Å². The van der Waals surface area contributed by atoms with Crippen LogP contribution in [0.5, 0.6) is 5.75 Å². The van der Waals surface area contributed by atoms with E-state index in [1.165, 1.54) is 0 Å². The van der Waals surface area contributed by atoms with Gasteiger partial charge in [0.1, 0.15) is 5.75 Å². The lowest BCUT2D eigenvalue weighted by Crippen LogP contribution is -2.36. The summed E-state index contributed by atoms with van der Waals surface area (Å²) in [4.78, 5) is 23.8. The summed E-state index contributed by atoms with van der Waals surface area (Å²) in [5.74, 6) is -0.165. The molecule has 0 aliphatic rings. The molecular weight excluding hydrogens is 272 g/mol. The summed E-state index contributed by atoms with van der Waals surface area (Å²) in [6.07, 6.45) is 0.722. The highest BCUT2D eigenvalue weighted by Crippen LogP contribution is 2.17. The zero-order chi connectivity index (χ0) is 15.7. The van der Waals surface area contributed by atoms with Gasteiger partial charge >= 0.3 is 5.97 Å². The number of amides is 1. The van der Waals surface area contributed by atoms with Crippen LogP contribution < -0.4 is 10.1 Å². The summed E-state index contributed by atoms with van der Waals surface area (Å²) < 4.78 is 5.25. The Kier molecular flexibility index (Phi) is 7.25. The number of likely N-dealkylation sites (N-methyl/N-ethyl adjacent to an activating group) is 1. The van der Waals surface area contributed by atoms with Gasteiger partial charge in [0.15, 0.2) is 0 Å². The van der Waals surface area contributed by atoms with E-state index >= 15 is 0 Å². The van der Waals surface area contributed by atoms with E-state index in [0.29, 0.717) is 19.5 Å². The van der Waals surface area contributed by atoms with Crippen LogP contribution in [0.2, 0.25) is 0 Å². The Balaban J connectivity index is 2.28. The minimum Gasteiger partial charge on any atom is -0.496 e. The second kappa shape index (κ2) is 8.97. The van der Waals surface area contributed by atoms with E-state index < -0.39 is 5.97 Å². The normalized spacial score (nSPS) is 10.4. The summed E-state index contributed by atoms with van der Waals surface area (Å²) in [7, 11) is 3.34. The van der Waals surface area contributed by atoms with Gasteiger partial charge in [-0.25, -0.2) is 0 Å². The maximum Gasteiger partial charge on any atom is 0.304 e. The molecule has 0 unspecified atom stereocenters. The van der Waals surface area contributed by atoms with Gasteiger partial charge in [0.25, 0.3) is 0 Å². The lowest BCUT2D eigenvalue weighted by molar-refractivity contribution is -0.137. The van der Waals surface area contributed by atoms with Crippen molar-refractivity contribution in [3.8, 4) is 5.75 Å². The standard InChI is InChI=1S/C15H22N2O4/c1-17(10-8-15(19)20)11-14(18)16-9-7-12-5-3-4-6-13(12)21-2/h3-6H,7-11H2,1-2H3,(H,16,18)(H,19,20). The van der Waals surface area contributed by atoms with Gasteiger partial charge in [0.2, 0.25) is 5.91 Å². The maximum atomic E-state index is 11.7. The fraction of sp³-hybridized carbons (Fsp3) is 0.467. The first-order chi connectivity index (χ1) is 10.0. The van der Waals surface area contributed by atoms with E-state index in [4.69, 9.17) is 9.84 Å². The number of nitrogens with one attached hydrogen (secondary N) is 1. The number of carbonyl (C=O) groups is 2. The van der Waals surface area contributed by atoms with Crippen molar-refractivity contribution in [3.63, 3.8) is 0 Å². The molecule has 0 spiro atoms. The second-order valence-electron chi connectivity index (χ2n) is 4.79. The third kappa shape index (κ3) is 6.76. The molecule has 2 N–H and O–H groups in total. The Morgan fingerprint density at radius 3 is 2.71 bits per heavy atom. The highest BCUT2D eigenvalue weighted by molar-refractivity contribution is 5.78. The van der Waals surface area contributed by atoms with Crippen molar-refractivity contribution in [1.29, 1.82) is 0 Å². The number of para-hydroxylation sites is 1. The van der Waals surface area contributed by atoms with Crippen molar-refractivity contribution < 1.29 is 19.4 Å². The van der Waals surface area contributed by atoms with Crippen LogP contribution in [0.3, 0.4) is 0 Å². The fourth-order valence-corrected chi connectivity index (χ4v) is 1.91. The number of aliphatic carboxylic acids is 1. The monoisotopic (exact) mass is 294 g/mol. The van der Waals surface area contributed by atoms with Gasteiger partial charge in [-0.15, -0.1) is 0 Å². The highest BCUT2D eigenvalue weighted by atomic mass is 16.5. The molecule has 1 amide bonds. The Morgan fingerprint density at radius 2 is 2.05 bits per heavy atom. The van der Waals surface area contributed by atoms with Crippen molar-refractivity contribution in [2.24, 2.45) is 0 Å². The first kappa shape index (κ1) is 17.0. The minimum absolute atomic E-state index is 0.0327. The number of ether oxygens (including phenoxy) is 1. The number of rotatable bonds is 9. The van der Waals surface area contributed by atoms with E-state index in [1.807, 2.05) is 24.3 Å². The molecule has 0 fully saturated rings. The van der Waals surface area contributed by atoms with E-state index in [9.17, 15) is 9.59 Å². The van der Waals surface area contributed by atoms with Crippen molar-refractivity contribution in [2.75, 3.05) is 33.8 Å². The zero-order valence-corrected chi connectivity index (χ0v) is 12.5. The molecule has 0 saturated carbocycles. The number of carbonyl (C=O) groups excluding carboxylic acids is 1. The van der Waals surface area contributed by atoms with Gasteiger partial charge in [0.05, 0.1) is 20.1 Å². The summed E-state index contributed by atoms with van der Waals surface area (Å²) in [6.45, 7) is 1.07. The SMILES string of the molecule is COc1ccccc1CCNC(=O)CN(C)CCC(=O)O. The Bertz CT molecular complexity index is 476. The average Bonchev–Trinajstić information content (AvgIpc) is 2.45. The number of hydrogen-bond acceptors (Lipinski definition) is 4. The van der Waals surface area contributed by atoms with Crippen molar-refractivity contribution in [2.45, 2.75) is 12.8 Å². The molecule has 0 aromatic heterocycles. The highest BCUT2D eigenvalue weighted by Gasteiger charge is 2.08. The molecule has 1 aromatic carbocycles. The molecule has 0 radical (unpaired) electrons. The van der Waals surface area contributed by atoms with Crippen LogP contribution in [0, 0.1) is 0 Å². The molecule has 0 aliphatic carbocycles. The molecule has 1 aromatic rings. The summed E-state index contributed by atoms with van der Waals surface area (Å²) >= 11 is 0. The molecule has 0 saturated heterocycles. The molecular formula is C15H22N2O4. The van der Waals surface area contributed by atoms with E-state index in [2.05, 4.69) is 5.32 Å². The Hall–Kier alpha value is -2.08. The van der Waals surface area contributed by atoms with Gasteiger partial charge < -0.3 is 15.2 Å². The lowest BCUT2D eigenvalue weighted by atomic mass is 10.1. The molecule has 116 valence electrons. The molecule has 6 heteroatoms. The lowest BCUT2D eigenvalue weighted by Gasteiger charge is -2.15. The number of carboxylic acids is 1. The van der Waals surface area contributed by atoms with Crippen molar-refractivity contribution in [3.05, 3.63) is 29.8 Å². The topological polar surface area (TPSA) is 78.9 Å². The molecule has 6 nitrogen and oxygen atoms in total. The van der Waals surface area contributed by atoms with Gasteiger partial charge in [-0.3, -0.25) is 14.5 Å². The minimum atomic E-state index is -0.863. The average molecular weight is 294 g/mol. The second-order valence-corrected chi connectivity index (χ2v) is 4.79. The van der Waals surface area contributed by atoms with Crippen LogP contribution in [-0.2, 0) is 16.0 Å². The van der Waals surface area contributed by atoms with E-state index in [-0.39, 0.29) is 18.9 Å². The van der Waals surface area contributed by atoms with Crippen LogP contribution in [0.1, 0.15) is 12.0 Å². The molecule has 0 aliphatic heterocycles. The molecule has 1 rings (SSSR count). The van der Waals surface area contributed by atoms with Crippen LogP contribution >= 0.6 is 0 Å². The predicted octanol–water partition coefficient (Wildman–Crippen LogP) is 0.760. The number of nitrogens with zero attached hydrogens (tertiary/aromatic N) is 1. The smallest absolute Gasteiger partial charge is 0.304 e. The quantitative estimate of drug-likeness (QED) is 0.703. The molecule has 21 heavy (non-hydrogen) atoms. The van der Waals surface area contributed by atoms with Crippen LogP contribution in [-0.4, -0.2) is 55.7 Å². The molecule has 0 bridgehead atoms. The number of carboxylic acid groups (broad SMARTS) is 1. The summed E-state index contributed by atoms with van der Waals surface area (Å²) in [6, 6.07) is 7.68. The van der Waals surface area contributed by atoms with Crippen LogP contribution in [0.4, 0.5) is 0 Å². The van der Waals surface area contributed by atoms with E-state index in [1.54, 1.807) is 19.1 Å². The summed E-state index contributed by atoms with van der Waals surface area (Å²) in [5.41, 5.74) is 1.04. The maximum absolute atomic E-state index is 11.7. The zero-order valence-electron chi connectivity index (χ0n) is 12.5. The largest absolute Gasteiger partial charge is 0.496 e. The number of methoxy groups -OCH3 is 1. The Morgan fingerprint density at radius 1 is 1.33 bits per heavy atom. The molecule has 0 atom stereocenters.